The molecule has 0 atom stereocenters. The van der Waals surface area contributed by atoms with Crippen molar-refractivity contribution in [3.8, 4) is 0 Å². The van der Waals surface area contributed by atoms with Crippen molar-refractivity contribution in [1.29, 1.82) is 0 Å². The Morgan fingerprint density at radius 3 is 3.23 bits per heavy atom. The van der Waals surface area contributed by atoms with Crippen LogP contribution in [0.1, 0.15) is 12.2 Å². The lowest BCUT2D eigenvalue weighted by molar-refractivity contribution is 0.218. The number of aromatic nitrogens is 3. The van der Waals surface area contributed by atoms with E-state index in [1.807, 2.05) is 6.33 Å². The van der Waals surface area contributed by atoms with Crippen molar-refractivity contribution >= 4 is 12.6 Å². The molecule has 1 aliphatic rings. The van der Waals surface area contributed by atoms with E-state index in [1.54, 1.807) is 0 Å². The zero-order chi connectivity index (χ0) is 9.10. The maximum atomic E-state index is 4.20. The Labute approximate surface area is 83.4 Å². The molecule has 0 saturated carbocycles. The average molecular weight is 198 g/mol. The summed E-state index contributed by atoms with van der Waals surface area (Å²) in [5.74, 6) is 2.05. The van der Waals surface area contributed by atoms with Gasteiger partial charge < -0.3 is 4.57 Å². The number of fused-ring (bicyclic) bond motifs is 1. The number of rotatable bonds is 3. The Morgan fingerprint density at radius 2 is 2.38 bits per heavy atom. The van der Waals surface area contributed by atoms with Crippen molar-refractivity contribution in [2.24, 2.45) is 0 Å². The summed E-state index contributed by atoms with van der Waals surface area (Å²) >= 11 is 4.20. The molecule has 0 fully saturated rings. The molecule has 1 aromatic heterocycles. The Balaban J connectivity index is 1.93. The van der Waals surface area contributed by atoms with Gasteiger partial charge in [-0.05, 0) is 18.7 Å². The molecule has 0 amide bonds. The zero-order valence-electron chi connectivity index (χ0n) is 7.56. The first-order chi connectivity index (χ1) is 6.40. The lowest BCUT2D eigenvalue weighted by Crippen LogP contribution is -2.34. The van der Waals surface area contributed by atoms with Crippen LogP contribution in [-0.4, -0.2) is 38.5 Å². The quantitative estimate of drug-likeness (QED) is 0.714. The highest BCUT2D eigenvalue weighted by Gasteiger charge is 2.15. The topological polar surface area (TPSA) is 34.0 Å². The first-order valence-electron chi connectivity index (χ1n) is 4.60. The second-order valence-corrected chi connectivity index (χ2v) is 3.74. The number of hydrogen-bond acceptors (Lipinski definition) is 4. The molecular weight excluding hydrogens is 184 g/mol. The molecule has 0 N–H and O–H groups in total. The van der Waals surface area contributed by atoms with Crippen molar-refractivity contribution in [3.05, 3.63) is 12.2 Å². The highest BCUT2D eigenvalue weighted by molar-refractivity contribution is 7.80. The van der Waals surface area contributed by atoms with Crippen LogP contribution in [0.25, 0.3) is 0 Å². The molecule has 5 heteroatoms. The van der Waals surface area contributed by atoms with Gasteiger partial charge in [0.25, 0.3) is 0 Å². The van der Waals surface area contributed by atoms with Gasteiger partial charge in [-0.15, -0.1) is 10.2 Å². The third-order valence-corrected chi connectivity index (χ3v) is 2.67. The molecule has 2 rings (SSSR count). The minimum absolute atomic E-state index is 0.938. The largest absolute Gasteiger partial charge is 0.315 e. The van der Waals surface area contributed by atoms with Gasteiger partial charge in [0.15, 0.2) is 0 Å². The lowest BCUT2D eigenvalue weighted by Gasteiger charge is -2.26. The van der Waals surface area contributed by atoms with E-state index in [0.717, 1.165) is 44.2 Å². The van der Waals surface area contributed by atoms with Gasteiger partial charge in [-0.2, -0.15) is 12.6 Å². The van der Waals surface area contributed by atoms with Gasteiger partial charge in [-0.3, -0.25) is 4.90 Å². The van der Waals surface area contributed by atoms with Gasteiger partial charge in [0.1, 0.15) is 12.2 Å². The van der Waals surface area contributed by atoms with E-state index >= 15 is 0 Å². The highest BCUT2D eigenvalue weighted by atomic mass is 32.1. The Morgan fingerprint density at radius 1 is 1.46 bits per heavy atom. The van der Waals surface area contributed by atoms with Gasteiger partial charge in [0, 0.05) is 13.1 Å². The predicted molar refractivity (Wildman–Crippen MR) is 53.8 cm³/mol. The first kappa shape index (κ1) is 9.02. The Hall–Kier alpha value is -0.550. The standard InChI is InChI=1S/C8H14N4S/c13-5-1-2-11-3-4-12-7-9-10-8(12)6-11/h7,13H,1-6H2. The highest BCUT2D eigenvalue weighted by Crippen LogP contribution is 2.08. The summed E-state index contributed by atoms with van der Waals surface area (Å²) in [7, 11) is 0. The van der Waals surface area contributed by atoms with Crippen molar-refractivity contribution in [2.45, 2.75) is 19.5 Å². The van der Waals surface area contributed by atoms with Crippen LogP contribution < -0.4 is 0 Å². The summed E-state index contributed by atoms with van der Waals surface area (Å²) in [6, 6.07) is 0. The molecule has 0 aliphatic carbocycles. The Bertz CT molecular complexity index is 273. The summed E-state index contributed by atoms with van der Waals surface area (Å²) in [5, 5.41) is 7.96. The van der Waals surface area contributed by atoms with Crippen molar-refractivity contribution in [3.63, 3.8) is 0 Å². The fourth-order valence-electron chi connectivity index (χ4n) is 1.60. The van der Waals surface area contributed by atoms with Crippen LogP contribution in [0.3, 0.4) is 0 Å². The van der Waals surface area contributed by atoms with E-state index < -0.39 is 0 Å². The lowest BCUT2D eigenvalue weighted by atomic mass is 10.3. The van der Waals surface area contributed by atoms with Crippen LogP contribution in [0, 0.1) is 0 Å². The van der Waals surface area contributed by atoms with Crippen LogP contribution in [0.15, 0.2) is 6.33 Å². The Kier molecular flexibility index (Phi) is 2.85. The van der Waals surface area contributed by atoms with Crippen molar-refractivity contribution < 1.29 is 0 Å². The van der Waals surface area contributed by atoms with E-state index in [1.165, 1.54) is 0 Å². The van der Waals surface area contributed by atoms with E-state index in [0.29, 0.717) is 0 Å². The van der Waals surface area contributed by atoms with Crippen LogP contribution >= 0.6 is 12.6 Å². The molecule has 0 spiro atoms. The molecule has 4 nitrogen and oxygen atoms in total. The smallest absolute Gasteiger partial charge is 0.147 e. The zero-order valence-corrected chi connectivity index (χ0v) is 8.45. The van der Waals surface area contributed by atoms with Gasteiger partial charge in [0.05, 0.1) is 6.54 Å². The second-order valence-electron chi connectivity index (χ2n) is 3.29. The van der Waals surface area contributed by atoms with Gasteiger partial charge in [-0.25, -0.2) is 0 Å². The first-order valence-corrected chi connectivity index (χ1v) is 5.23. The van der Waals surface area contributed by atoms with E-state index in [4.69, 9.17) is 0 Å². The molecule has 13 heavy (non-hydrogen) atoms. The minimum atomic E-state index is 0.938. The minimum Gasteiger partial charge on any atom is -0.315 e. The van der Waals surface area contributed by atoms with Crippen LogP contribution in [0.2, 0.25) is 0 Å². The average Bonchev–Trinajstić information content (AvgIpc) is 2.61. The third-order valence-electron chi connectivity index (χ3n) is 2.35. The normalized spacial score (nSPS) is 17.3. The fourth-order valence-corrected chi connectivity index (χ4v) is 1.74. The number of thiol groups is 1. The molecule has 1 aliphatic heterocycles. The van der Waals surface area contributed by atoms with Gasteiger partial charge in [-0.1, -0.05) is 0 Å². The molecule has 0 bridgehead atoms. The molecule has 0 saturated heterocycles. The van der Waals surface area contributed by atoms with Crippen molar-refractivity contribution in [2.75, 3.05) is 18.8 Å². The summed E-state index contributed by atoms with van der Waals surface area (Å²) < 4.78 is 2.12. The number of nitrogens with zero attached hydrogens (tertiary/aromatic N) is 4. The van der Waals surface area contributed by atoms with E-state index in [2.05, 4.69) is 32.3 Å². The molecule has 0 radical (unpaired) electrons. The summed E-state index contributed by atoms with van der Waals surface area (Å²) in [6.07, 6.45) is 2.96. The van der Waals surface area contributed by atoms with E-state index in [9.17, 15) is 0 Å². The van der Waals surface area contributed by atoms with Crippen LogP contribution in [0.5, 0.6) is 0 Å². The SMILES string of the molecule is SCCCN1CCn2cnnc2C1. The van der Waals surface area contributed by atoms with Gasteiger partial charge >= 0.3 is 0 Å². The summed E-state index contributed by atoms with van der Waals surface area (Å²) in [5.41, 5.74) is 0. The van der Waals surface area contributed by atoms with E-state index in [-0.39, 0.29) is 0 Å². The van der Waals surface area contributed by atoms with Crippen LogP contribution in [-0.2, 0) is 13.1 Å². The summed E-state index contributed by atoms with van der Waals surface area (Å²) in [6.45, 7) is 4.19. The predicted octanol–water partition coefficient (Wildman–Crippen LogP) is 0.414. The monoisotopic (exact) mass is 198 g/mol. The molecule has 0 unspecified atom stereocenters. The fraction of sp³-hybridized carbons (Fsp3) is 0.750. The second kappa shape index (κ2) is 4.11. The summed E-state index contributed by atoms with van der Waals surface area (Å²) in [4.78, 5) is 2.40. The molecule has 2 heterocycles. The van der Waals surface area contributed by atoms with Crippen LogP contribution in [0.4, 0.5) is 0 Å². The van der Waals surface area contributed by atoms with Gasteiger partial charge in [0.2, 0.25) is 0 Å². The number of hydrogen-bond donors (Lipinski definition) is 1. The third kappa shape index (κ3) is 2.03. The molecule has 72 valence electrons. The maximum Gasteiger partial charge on any atom is 0.147 e. The molecular formula is C8H14N4S. The molecule has 1 aromatic rings. The van der Waals surface area contributed by atoms with Crippen molar-refractivity contribution in [1.82, 2.24) is 19.7 Å². The molecule has 0 aromatic carbocycles. The maximum absolute atomic E-state index is 4.20.